The highest BCUT2D eigenvalue weighted by Gasteiger charge is 2.34. The largest absolute Gasteiger partial charge is 0.348 e. The molecule has 1 atom stereocenters. The third-order valence-electron chi connectivity index (χ3n) is 7.11. The number of fused-ring (bicyclic) bond motifs is 1. The summed E-state index contributed by atoms with van der Waals surface area (Å²) in [5.74, 6) is 0.469. The molecule has 0 bridgehead atoms. The van der Waals surface area contributed by atoms with Gasteiger partial charge in [-0.25, -0.2) is 0 Å². The van der Waals surface area contributed by atoms with Crippen LogP contribution < -0.4 is 5.32 Å². The van der Waals surface area contributed by atoms with Crippen LogP contribution in [0.5, 0.6) is 0 Å². The van der Waals surface area contributed by atoms with E-state index in [0.29, 0.717) is 23.7 Å². The predicted octanol–water partition coefficient (Wildman–Crippen LogP) is 5.99. The molecule has 1 unspecified atom stereocenters. The van der Waals surface area contributed by atoms with Gasteiger partial charge in [-0.2, -0.15) is 5.10 Å². The van der Waals surface area contributed by atoms with E-state index in [2.05, 4.69) is 22.1 Å². The van der Waals surface area contributed by atoms with Crippen molar-refractivity contribution in [2.45, 2.75) is 95.1 Å². The molecule has 2 saturated carbocycles. The van der Waals surface area contributed by atoms with Crippen LogP contribution in [-0.2, 0) is 12.8 Å². The Morgan fingerprint density at radius 2 is 1.73 bits per heavy atom. The number of nitrogens with zero attached hydrogens (tertiary/aromatic N) is 2. The van der Waals surface area contributed by atoms with Gasteiger partial charge in [-0.3, -0.25) is 9.48 Å². The minimum atomic E-state index is 0.0513. The zero-order valence-corrected chi connectivity index (χ0v) is 18.5. The topological polar surface area (TPSA) is 46.9 Å². The maximum absolute atomic E-state index is 13.1. The van der Waals surface area contributed by atoms with Gasteiger partial charge in [0.2, 0.25) is 0 Å². The second-order valence-corrected chi connectivity index (χ2v) is 9.91. The standard InChI is InChI=1S/C25H32ClN3O/c26-19-12-10-17(11-13-19)16-18-6-4-5-9-22-23(25(30)27-20-14-15-20)28-29(24(18)22)21-7-2-1-3-8-21/h10-13,18,20-21H,1-9,14-16H2,(H,27,30). The lowest BCUT2D eigenvalue weighted by Gasteiger charge is -2.27. The summed E-state index contributed by atoms with van der Waals surface area (Å²) in [5, 5.41) is 9.01. The quantitative estimate of drug-likeness (QED) is 0.598. The van der Waals surface area contributed by atoms with Crippen molar-refractivity contribution in [1.29, 1.82) is 0 Å². The van der Waals surface area contributed by atoms with Gasteiger partial charge in [0, 0.05) is 28.2 Å². The Hall–Kier alpha value is -1.81. The minimum Gasteiger partial charge on any atom is -0.348 e. The molecule has 0 radical (unpaired) electrons. The molecule has 2 fully saturated rings. The highest BCUT2D eigenvalue weighted by molar-refractivity contribution is 6.30. The predicted molar refractivity (Wildman–Crippen MR) is 120 cm³/mol. The zero-order valence-electron chi connectivity index (χ0n) is 17.7. The molecular formula is C25H32ClN3O. The van der Waals surface area contributed by atoms with Gasteiger partial charge >= 0.3 is 0 Å². The number of hydrogen-bond acceptors (Lipinski definition) is 2. The van der Waals surface area contributed by atoms with Gasteiger partial charge in [0.25, 0.3) is 5.91 Å². The highest BCUT2D eigenvalue weighted by Crippen LogP contribution is 2.39. The van der Waals surface area contributed by atoms with Gasteiger partial charge in [-0.15, -0.1) is 0 Å². The number of nitrogens with one attached hydrogen (secondary N) is 1. The van der Waals surface area contributed by atoms with E-state index in [-0.39, 0.29) is 5.91 Å². The fraction of sp³-hybridized carbons (Fsp3) is 0.600. The molecule has 30 heavy (non-hydrogen) atoms. The molecule has 0 aliphatic heterocycles. The van der Waals surface area contributed by atoms with Crippen LogP contribution in [-0.4, -0.2) is 21.7 Å². The summed E-state index contributed by atoms with van der Waals surface area (Å²) in [6.45, 7) is 0. The Balaban J connectivity index is 1.53. The van der Waals surface area contributed by atoms with Crippen molar-refractivity contribution in [2.24, 2.45) is 0 Å². The van der Waals surface area contributed by atoms with Crippen LogP contribution in [0, 0.1) is 0 Å². The first-order valence-corrected chi connectivity index (χ1v) is 12.2. The van der Waals surface area contributed by atoms with E-state index in [9.17, 15) is 4.79 Å². The Labute approximate surface area is 184 Å². The number of rotatable bonds is 5. The molecule has 0 saturated heterocycles. The van der Waals surface area contributed by atoms with Gasteiger partial charge in [-0.1, -0.05) is 49.4 Å². The van der Waals surface area contributed by atoms with Crippen molar-refractivity contribution in [1.82, 2.24) is 15.1 Å². The van der Waals surface area contributed by atoms with Crippen LogP contribution in [0.1, 0.15) is 103 Å². The Kier molecular flexibility index (Phi) is 5.86. The molecule has 3 aliphatic carbocycles. The Morgan fingerprint density at radius 1 is 1.00 bits per heavy atom. The fourth-order valence-electron chi connectivity index (χ4n) is 5.36. The average molecular weight is 426 g/mol. The maximum Gasteiger partial charge on any atom is 0.272 e. The first kappa shape index (κ1) is 20.1. The first-order valence-electron chi connectivity index (χ1n) is 11.9. The second kappa shape index (κ2) is 8.74. The lowest BCUT2D eigenvalue weighted by atomic mass is 9.89. The van der Waals surface area contributed by atoms with Crippen LogP contribution in [0.25, 0.3) is 0 Å². The van der Waals surface area contributed by atoms with Gasteiger partial charge < -0.3 is 5.32 Å². The molecule has 1 aromatic heterocycles. The zero-order chi connectivity index (χ0) is 20.5. The van der Waals surface area contributed by atoms with E-state index in [1.165, 1.54) is 55.3 Å². The fourth-order valence-corrected chi connectivity index (χ4v) is 5.49. The van der Waals surface area contributed by atoms with E-state index in [1.807, 2.05) is 12.1 Å². The van der Waals surface area contributed by atoms with Crippen molar-refractivity contribution in [3.8, 4) is 0 Å². The molecule has 3 aliphatic rings. The van der Waals surface area contributed by atoms with Crippen LogP contribution in [0.2, 0.25) is 5.02 Å². The number of aromatic nitrogens is 2. The van der Waals surface area contributed by atoms with E-state index in [0.717, 1.165) is 43.5 Å². The number of amides is 1. The molecule has 5 heteroatoms. The third kappa shape index (κ3) is 4.30. The maximum atomic E-state index is 13.1. The summed E-state index contributed by atoms with van der Waals surface area (Å²) in [7, 11) is 0. The summed E-state index contributed by atoms with van der Waals surface area (Å²) >= 11 is 6.11. The SMILES string of the molecule is O=C(NC1CC1)c1nn(C2CCCCC2)c2c1CCCCC2Cc1ccc(Cl)cc1. The smallest absolute Gasteiger partial charge is 0.272 e. The minimum absolute atomic E-state index is 0.0513. The average Bonchev–Trinajstić information content (AvgIpc) is 3.53. The second-order valence-electron chi connectivity index (χ2n) is 9.47. The number of benzene rings is 1. The van der Waals surface area contributed by atoms with Gasteiger partial charge in [0.1, 0.15) is 0 Å². The summed E-state index contributed by atoms with van der Waals surface area (Å²) in [6, 6.07) is 9.08. The van der Waals surface area contributed by atoms with E-state index >= 15 is 0 Å². The summed E-state index contributed by atoms with van der Waals surface area (Å²) in [6.07, 6.45) is 13.9. The van der Waals surface area contributed by atoms with Gasteiger partial charge in [-0.05, 0) is 69.1 Å². The van der Waals surface area contributed by atoms with E-state index in [4.69, 9.17) is 16.7 Å². The van der Waals surface area contributed by atoms with Crippen LogP contribution in [0.3, 0.4) is 0 Å². The molecule has 2 aromatic rings. The van der Waals surface area contributed by atoms with Gasteiger partial charge in [0.15, 0.2) is 5.69 Å². The van der Waals surface area contributed by atoms with Crippen molar-refractivity contribution >= 4 is 17.5 Å². The normalized spacial score (nSPS) is 22.4. The molecular weight excluding hydrogens is 394 g/mol. The van der Waals surface area contributed by atoms with Crippen LogP contribution in [0.4, 0.5) is 0 Å². The van der Waals surface area contributed by atoms with Crippen LogP contribution >= 0.6 is 11.6 Å². The van der Waals surface area contributed by atoms with Crippen molar-refractivity contribution in [3.05, 3.63) is 51.8 Å². The molecule has 1 N–H and O–H groups in total. The molecule has 160 valence electrons. The third-order valence-corrected chi connectivity index (χ3v) is 7.36. The summed E-state index contributed by atoms with van der Waals surface area (Å²) < 4.78 is 2.31. The number of halogens is 1. The van der Waals surface area contributed by atoms with Crippen molar-refractivity contribution < 1.29 is 4.79 Å². The van der Waals surface area contributed by atoms with E-state index < -0.39 is 0 Å². The number of carbonyl (C=O) groups is 1. The molecule has 1 heterocycles. The summed E-state index contributed by atoms with van der Waals surface area (Å²) in [5.41, 5.74) is 4.62. The molecule has 1 aromatic carbocycles. The number of hydrogen-bond donors (Lipinski definition) is 1. The number of carbonyl (C=O) groups excluding carboxylic acids is 1. The van der Waals surface area contributed by atoms with E-state index in [1.54, 1.807) is 0 Å². The summed E-state index contributed by atoms with van der Waals surface area (Å²) in [4.78, 5) is 13.1. The van der Waals surface area contributed by atoms with Crippen LogP contribution in [0.15, 0.2) is 24.3 Å². The molecule has 5 rings (SSSR count). The first-order chi connectivity index (χ1) is 14.7. The van der Waals surface area contributed by atoms with Crippen molar-refractivity contribution in [3.63, 3.8) is 0 Å². The Bertz CT molecular complexity index is 894. The van der Waals surface area contributed by atoms with Crippen molar-refractivity contribution in [2.75, 3.05) is 0 Å². The highest BCUT2D eigenvalue weighted by atomic mass is 35.5. The lowest BCUT2D eigenvalue weighted by Crippen LogP contribution is -2.27. The monoisotopic (exact) mass is 425 g/mol. The molecule has 0 spiro atoms. The molecule has 1 amide bonds. The van der Waals surface area contributed by atoms with Gasteiger partial charge in [0.05, 0.1) is 6.04 Å². The Morgan fingerprint density at radius 3 is 2.47 bits per heavy atom. The molecule has 4 nitrogen and oxygen atoms in total. The lowest BCUT2D eigenvalue weighted by molar-refractivity contribution is 0.0943.